The van der Waals surface area contributed by atoms with E-state index in [0.717, 1.165) is 0 Å². The first-order valence-electron chi connectivity index (χ1n) is 8.31. The average molecular weight is 409 g/mol. The highest BCUT2D eigenvalue weighted by Gasteiger charge is 2.21. The van der Waals surface area contributed by atoms with Gasteiger partial charge in [0.05, 0.1) is 30.4 Å². The van der Waals surface area contributed by atoms with E-state index in [2.05, 4.69) is 9.61 Å². The van der Waals surface area contributed by atoms with Crippen LogP contribution in [0.15, 0.2) is 29.2 Å². The summed E-state index contributed by atoms with van der Waals surface area (Å²) >= 11 is 0. The fraction of sp³-hybridized carbons (Fsp3) is 0.316. The SMILES string of the molecule is COOCc1cc(C(=O)OC)cc(S(=O)(=O)Nc2c(C)cc(O)c(C)c2C)c1. The van der Waals surface area contributed by atoms with Gasteiger partial charge >= 0.3 is 5.97 Å². The number of aryl methyl sites for hydroxylation is 1. The lowest BCUT2D eigenvalue weighted by atomic mass is 10.0. The molecule has 2 rings (SSSR count). The standard InChI is InChI=1S/C19H23NO7S/c1-11-6-17(21)12(2)13(3)18(11)20-28(23,24)16-8-14(10-27-26-5)7-15(9-16)19(22)25-4/h6-9,20-21H,10H2,1-5H3. The second-order valence-electron chi connectivity index (χ2n) is 6.23. The first-order chi connectivity index (χ1) is 13.1. The molecule has 0 saturated carbocycles. The van der Waals surface area contributed by atoms with Crippen molar-refractivity contribution in [1.82, 2.24) is 0 Å². The van der Waals surface area contributed by atoms with Crippen LogP contribution in [0.3, 0.4) is 0 Å². The summed E-state index contributed by atoms with van der Waals surface area (Å²) in [5.41, 5.74) is 2.59. The largest absolute Gasteiger partial charge is 0.508 e. The molecule has 0 aliphatic rings. The van der Waals surface area contributed by atoms with Gasteiger partial charge in [0.15, 0.2) is 0 Å². The summed E-state index contributed by atoms with van der Waals surface area (Å²) in [6, 6.07) is 5.56. The second-order valence-corrected chi connectivity index (χ2v) is 7.91. The zero-order chi connectivity index (χ0) is 21.1. The number of nitrogens with one attached hydrogen (secondary N) is 1. The molecule has 2 aromatic rings. The molecular weight excluding hydrogens is 386 g/mol. The number of aromatic hydroxyl groups is 1. The second kappa shape index (κ2) is 8.59. The zero-order valence-corrected chi connectivity index (χ0v) is 17.1. The Kier molecular flexibility index (Phi) is 6.65. The molecular formula is C19H23NO7S. The molecule has 0 unspecified atom stereocenters. The third-order valence-corrected chi connectivity index (χ3v) is 5.68. The lowest BCUT2D eigenvalue weighted by Gasteiger charge is -2.17. The van der Waals surface area contributed by atoms with Crippen LogP contribution in [0.5, 0.6) is 5.75 Å². The number of sulfonamides is 1. The molecule has 0 amide bonds. The minimum atomic E-state index is -4.04. The number of ether oxygens (including phenoxy) is 1. The monoisotopic (exact) mass is 409 g/mol. The van der Waals surface area contributed by atoms with Gasteiger partial charge in [-0.15, -0.1) is 0 Å². The molecule has 0 bridgehead atoms. The van der Waals surface area contributed by atoms with Crippen LogP contribution in [0.2, 0.25) is 0 Å². The number of hydrogen-bond acceptors (Lipinski definition) is 7. The number of carbonyl (C=O) groups excluding carboxylic acids is 1. The third kappa shape index (κ3) is 4.61. The Morgan fingerprint density at radius 1 is 1.07 bits per heavy atom. The number of phenols is 1. The van der Waals surface area contributed by atoms with Gasteiger partial charge < -0.3 is 9.84 Å². The normalized spacial score (nSPS) is 11.3. The smallest absolute Gasteiger partial charge is 0.337 e. The Bertz CT molecular complexity index is 1000. The van der Waals surface area contributed by atoms with Crippen LogP contribution in [0.1, 0.15) is 32.6 Å². The lowest BCUT2D eigenvalue weighted by Crippen LogP contribution is -2.16. The minimum Gasteiger partial charge on any atom is -0.508 e. The summed E-state index contributed by atoms with van der Waals surface area (Å²) in [5.74, 6) is -0.590. The number of rotatable bonds is 7. The summed E-state index contributed by atoms with van der Waals surface area (Å²) < 4.78 is 33.2. The molecule has 0 atom stereocenters. The topological polar surface area (TPSA) is 111 Å². The number of phenolic OH excluding ortho intramolecular Hbond substituents is 1. The van der Waals surface area contributed by atoms with E-state index >= 15 is 0 Å². The van der Waals surface area contributed by atoms with E-state index in [1.807, 2.05) is 0 Å². The highest BCUT2D eigenvalue weighted by molar-refractivity contribution is 7.92. The molecule has 0 radical (unpaired) electrons. The van der Waals surface area contributed by atoms with Crippen LogP contribution in [-0.2, 0) is 31.1 Å². The summed E-state index contributed by atoms with van der Waals surface area (Å²) in [6.45, 7) is 5.04. The summed E-state index contributed by atoms with van der Waals surface area (Å²) in [4.78, 5) is 21.2. The Morgan fingerprint density at radius 3 is 2.36 bits per heavy atom. The van der Waals surface area contributed by atoms with Gasteiger partial charge in [-0.2, -0.15) is 0 Å². The van der Waals surface area contributed by atoms with Gasteiger partial charge in [-0.05, 0) is 67.3 Å². The fourth-order valence-corrected chi connectivity index (χ4v) is 3.96. The van der Waals surface area contributed by atoms with Crippen LogP contribution in [0, 0.1) is 20.8 Å². The maximum Gasteiger partial charge on any atom is 0.337 e. The zero-order valence-electron chi connectivity index (χ0n) is 16.3. The van der Waals surface area contributed by atoms with Gasteiger partial charge in [-0.3, -0.25) is 4.72 Å². The molecule has 0 saturated heterocycles. The molecule has 0 aromatic heterocycles. The van der Waals surface area contributed by atoms with Gasteiger partial charge in [-0.1, -0.05) is 0 Å². The van der Waals surface area contributed by atoms with Gasteiger partial charge in [-0.25, -0.2) is 23.0 Å². The summed E-state index contributed by atoms with van der Waals surface area (Å²) in [6.07, 6.45) is 0. The van der Waals surface area contributed by atoms with Crippen LogP contribution < -0.4 is 4.72 Å². The Labute approximate surface area is 164 Å². The van der Waals surface area contributed by atoms with Crippen LogP contribution >= 0.6 is 0 Å². The van der Waals surface area contributed by atoms with E-state index in [9.17, 15) is 18.3 Å². The first kappa shape index (κ1) is 21.7. The molecule has 0 heterocycles. The Balaban J connectivity index is 2.53. The number of methoxy groups -OCH3 is 1. The van der Waals surface area contributed by atoms with E-state index in [-0.39, 0.29) is 22.8 Å². The van der Waals surface area contributed by atoms with Gasteiger partial charge in [0, 0.05) is 0 Å². The highest BCUT2D eigenvalue weighted by Crippen LogP contribution is 2.32. The number of anilines is 1. The maximum absolute atomic E-state index is 13.0. The number of benzene rings is 2. The third-order valence-electron chi connectivity index (χ3n) is 4.35. The van der Waals surface area contributed by atoms with Gasteiger partial charge in [0.1, 0.15) is 12.4 Å². The Morgan fingerprint density at radius 2 is 1.75 bits per heavy atom. The first-order valence-corrected chi connectivity index (χ1v) is 9.79. The van der Waals surface area contributed by atoms with Crippen molar-refractivity contribution >= 4 is 21.7 Å². The Hall–Kier alpha value is -2.62. The van der Waals surface area contributed by atoms with Crippen molar-refractivity contribution < 1.29 is 32.8 Å². The average Bonchev–Trinajstić information content (AvgIpc) is 2.67. The maximum atomic E-state index is 13.0. The van der Waals surface area contributed by atoms with Crippen molar-refractivity contribution in [1.29, 1.82) is 0 Å². The molecule has 152 valence electrons. The minimum absolute atomic E-state index is 0.0553. The van der Waals surface area contributed by atoms with Crippen molar-refractivity contribution in [2.75, 3.05) is 18.9 Å². The van der Waals surface area contributed by atoms with Crippen LogP contribution in [0.4, 0.5) is 5.69 Å². The molecule has 0 aliphatic heterocycles. The molecule has 9 heteroatoms. The summed E-state index contributed by atoms with van der Waals surface area (Å²) in [5, 5.41) is 9.91. The van der Waals surface area contributed by atoms with Crippen molar-refractivity contribution in [2.24, 2.45) is 0 Å². The molecule has 2 aromatic carbocycles. The van der Waals surface area contributed by atoms with E-state index < -0.39 is 16.0 Å². The van der Waals surface area contributed by atoms with Gasteiger partial charge in [0.2, 0.25) is 0 Å². The van der Waals surface area contributed by atoms with Crippen molar-refractivity contribution in [2.45, 2.75) is 32.3 Å². The summed E-state index contributed by atoms with van der Waals surface area (Å²) in [7, 11) is -1.51. The van der Waals surface area contributed by atoms with Gasteiger partial charge in [0.25, 0.3) is 10.0 Å². The van der Waals surface area contributed by atoms with Crippen LogP contribution in [0.25, 0.3) is 0 Å². The lowest BCUT2D eigenvalue weighted by molar-refractivity contribution is -0.282. The van der Waals surface area contributed by atoms with Crippen LogP contribution in [-0.4, -0.2) is 33.7 Å². The number of esters is 1. The predicted molar refractivity (Wildman–Crippen MR) is 103 cm³/mol. The van der Waals surface area contributed by atoms with E-state index in [0.29, 0.717) is 27.9 Å². The molecule has 0 fully saturated rings. The van der Waals surface area contributed by atoms with E-state index in [1.54, 1.807) is 20.8 Å². The predicted octanol–water partition coefficient (Wildman–Crippen LogP) is 2.98. The van der Waals surface area contributed by atoms with E-state index in [4.69, 9.17) is 9.62 Å². The number of hydrogen-bond donors (Lipinski definition) is 2. The molecule has 28 heavy (non-hydrogen) atoms. The molecule has 2 N–H and O–H groups in total. The molecule has 0 spiro atoms. The van der Waals surface area contributed by atoms with Crippen molar-refractivity contribution in [3.05, 3.63) is 52.1 Å². The fourth-order valence-electron chi connectivity index (χ4n) is 2.67. The van der Waals surface area contributed by atoms with Crippen molar-refractivity contribution in [3.8, 4) is 5.75 Å². The quantitative estimate of drug-likeness (QED) is 0.313. The number of carbonyl (C=O) groups is 1. The molecule has 0 aliphatic carbocycles. The van der Waals surface area contributed by atoms with E-state index in [1.165, 1.54) is 38.5 Å². The molecule has 8 nitrogen and oxygen atoms in total. The van der Waals surface area contributed by atoms with Crippen molar-refractivity contribution in [3.63, 3.8) is 0 Å². The highest BCUT2D eigenvalue weighted by atomic mass is 32.2.